The lowest BCUT2D eigenvalue weighted by molar-refractivity contribution is 0.0572. The van der Waals surface area contributed by atoms with Crippen LogP contribution in [-0.2, 0) is 10.0 Å². The normalized spacial score (nSPS) is 24.9. The molecule has 0 saturated carbocycles. The standard InChI is InChI=1S/C13H19NO4S/c1-8-4-9(2)13(10(3)5-8)19(17,18)14-6-11(15)12(16)7-14/h4-5,11-12,15-16H,6-7H2,1-3H3. The van der Waals surface area contributed by atoms with E-state index in [0.717, 1.165) is 9.87 Å². The van der Waals surface area contributed by atoms with Crippen LogP contribution >= 0.6 is 0 Å². The molecule has 0 aromatic heterocycles. The molecule has 1 aromatic carbocycles. The Bertz CT molecular complexity index is 564. The van der Waals surface area contributed by atoms with Gasteiger partial charge in [0.15, 0.2) is 0 Å². The van der Waals surface area contributed by atoms with Gasteiger partial charge in [0.1, 0.15) is 0 Å². The number of hydrogen-bond acceptors (Lipinski definition) is 4. The molecule has 1 saturated heterocycles. The zero-order valence-corrected chi connectivity index (χ0v) is 12.1. The predicted octanol–water partition coefficient (Wildman–Crippen LogP) is 0.338. The SMILES string of the molecule is Cc1cc(C)c(S(=O)(=O)N2CC(O)C(O)C2)c(C)c1. The quantitative estimate of drug-likeness (QED) is 0.821. The highest BCUT2D eigenvalue weighted by atomic mass is 32.2. The summed E-state index contributed by atoms with van der Waals surface area (Å²) in [5.41, 5.74) is 2.39. The van der Waals surface area contributed by atoms with Crippen molar-refractivity contribution in [3.8, 4) is 0 Å². The number of benzene rings is 1. The number of hydrogen-bond donors (Lipinski definition) is 2. The van der Waals surface area contributed by atoms with E-state index in [-0.39, 0.29) is 18.0 Å². The second-order valence-corrected chi connectivity index (χ2v) is 7.06. The third kappa shape index (κ3) is 2.53. The molecule has 0 bridgehead atoms. The number of nitrogens with zero attached hydrogens (tertiary/aromatic N) is 1. The largest absolute Gasteiger partial charge is 0.389 e. The monoisotopic (exact) mass is 285 g/mol. The average Bonchev–Trinajstić information content (AvgIpc) is 2.57. The lowest BCUT2D eigenvalue weighted by atomic mass is 10.1. The molecule has 2 unspecified atom stereocenters. The van der Waals surface area contributed by atoms with Crippen LogP contribution in [0.4, 0.5) is 0 Å². The van der Waals surface area contributed by atoms with Gasteiger partial charge in [-0.25, -0.2) is 8.42 Å². The third-order valence-electron chi connectivity index (χ3n) is 3.43. The van der Waals surface area contributed by atoms with Crippen LogP contribution in [0.15, 0.2) is 17.0 Å². The van der Waals surface area contributed by atoms with Gasteiger partial charge in [-0.1, -0.05) is 17.7 Å². The molecule has 0 aliphatic carbocycles. The topological polar surface area (TPSA) is 77.8 Å². The highest BCUT2D eigenvalue weighted by Crippen LogP contribution is 2.27. The number of aryl methyl sites for hydroxylation is 3. The smallest absolute Gasteiger partial charge is 0.243 e. The second-order valence-electron chi connectivity index (χ2n) is 5.18. The fraction of sp³-hybridized carbons (Fsp3) is 0.538. The van der Waals surface area contributed by atoms with Crippen molar-refractivity contribution < 1.29 is 18.6 Å². The first-order chi connectivity index (χ1) is 8.73. The molecular weight excluding hydrogens is 266 g/mol. The molecule has 19 heavy (non-hydrogen) atoms. The summed E-state index contributed by atoms with van der Waals surface area (Å²) < 4.78 is 26.3. The number of rotatable bonds is 2. The number of sulfonamides is 1. The summed E-state index contributed by atoms with van der Waals surface area (Å²) in [4.78, 5) is 0.277. The van der Waals surface area contributed by atoms with Gasteiger partial charge in [-0.05, 0) is 31.9 Å². The van der Waals surface area contributed by atoms with Gasteiger partial charge < -0.3 is 10.2 Å². The Morgan fingerprint density at radius 3 is 1.89 bits per heavy atom. The average molecular weight is 285 g/mol. The van der Waals surface area contributed by atoms with Crippen molar-refractivity contribution in [2.75, 3.05) is 13.1 Å². The Morgan fingerprint density at radius 1 is 1.05 bits per heavy atom. The highest BCUT2D eigenvalue weighted by Gasteiger charge is 2.38. The minimum absolute atomic E-state index is 0.0593. The van der Waals surface area contributed by atoms with Gasteiger partial charge in [0.2, 0.25) is 10.0 Å². The van der Waals surface area contributed by atoms with Gasteiger partial charge in [0, 0.05) is 13.1 Å². The molecule has 0 radical (unpaired) electrons. The van der Waals surface area contributed by atoms with Crippen LogP contribution in [0.25, 0.3) is 0 Å². The molecule has 0 spiro atoms. The lowest BCUT2D eigenvalue weighted by Gasteiger charge is -2.19. The molecule has 5 nitrogen and oxygen atoms in total. The summed E-state index contributed by atoms with van der Waals surface area (Å²) in [6.45, 7) is 5.32. The van der Waals surface area contributed by atoms with E-state index < -0.39 is 22.2 Å². The fourth-order valence-electron chi connectivity index (χ4n) is 2.63. The molecule has 106 valence electrons. The van der Waals surface area contributed by atoms with Crippen LogP contribution < -0.4 is 0 Å². The summed E-state index contributed by atoms with van der Waals surface area (Å²) >= 11 is 0. The van der Waals surface area contributed by atoms with Crippen molar-refractivity contribution in [3.63, 3.8) is 0 Å². The molecule has 2 atom stereocenters. The van der Waals surface area contributed by atoms with E-state index in [1.165, 1.54) is 0 Å². The Labute approximate surface area is 113 Å². The Morgan fingerprint density at radius 2 is 1.47 bits per heavy atom. The molecule has 0 amide bonds. The van der Waals surface area contributed by atoms with Crippen LogP contribution in [-0.4, -0.2) is 48.2 Å². The fourth-order valence-corrected chi connectivity index (χ4v) is 4.52. The molecule has 1 aliphatic rings. The summed E-state index contributed by atoms with van der Waals surface area (Å²) in [5, 5.41) is 19.0. The van der Waals surface area contributed by atoms with Gasteiger partial charge in [-0.15, -0.1) is 0 Å². The van der Waals surface area contributed by atoms with E-state index in [0.29, 0.717) is 11.1 Å². The lowest BCUT2D eigenvalue weighted by Crippen LogP contribution is -2.31. The van der Waals surface area contributed by atoms with Gasteiger partial charge in [0.25, 0.3) is 0 Å². The van der Waals surface area contributed by atoms with Crippen LogP contribution in [0, 0.1) is 20.8 Å². The molecule has 2 N–H and O–H groups in total. The van der Waals surface area contributed by atoms with E-state index in [9.17, 15) is 18.6 Å². The van der Waals surface area contributed by atoms with E-state index >= 15 is 0 Å². The molecule has 1 aliphatic heterocycles. The Kier molecular flexibility index (Phi) is 3.70. The van der Waals surface area contributed by atoms with Gasteiger partial charge in [0.05, 0.1) is 17.1 Å². The van der Waals surface area contributed by atoms with Crippen molar-refractivity contribution >= 4 is 10.0 Å². The summed E-state index contributed by atoms with van der Waals surface area (Å²) in [7, 11) is -3.67. The van der Waals surface area contributed by atoms with Gasteiger partial charge in [-0.3, -0.25) is 0 Å². The van der Waals surface area contributed by atoms with Gasteiger partial charge in [-0.2, -0.15) is 4.31 Å². The van der Waals surface area contributed by atoms with Crippen molar-refractivity contribution in [2.24, 2.45) is 0 Å². The minimum atomic E-state index is -3.67. The summed E-state index contributed by atoms with van der Waals surface area (Å²) in [5.74, 6) is 0. The third-order valence-corrected chi connectivity index (χ3v) is 5.57. The van der Waals surface area contributed by atoms with Crippen molar-refractivity contribution in [2.45, 2.75) is 37.9 Å². The van der Waals surface area contributed by atoms with Crippen molar-refractivity contribution in [1.29, 1.82) is 0 Å². The second kappa shape index (κ2) is 4.86. The Hall–Kier alpha value is -0.950. The van der Waals surface area contributed by atoms with Crippen molar-refractivity contribution in [3.05, 3.63) is 28.8 Å². The highest BCUT2D eigenvalue weighted by molar-refractivity contribution is 7.89. The number of aliphatic hydroxyl groups excluding tert-OH is 2. The van der Waals surface area contributed by atoms with Crippen LogP contribution in [0.2, 0.25) is 0 Å². The zero-order chi connectivity index (χ0) is 14.4. The first-order valence-electron chi connectivity index (χ1n) is 6.17. The molecule has 1 heterocycles. The first kappa shape index (κ1) is 14.5. The summed E-state index contributed by atoms with van der Waals surface area (Å²) in [6, 6.07) is 3.64. The molecular formula is C13H19NO4S. The minimum Gasteiger partial charge on any atom is -0.389 e. The number of β-amino-alcohol motifs (C(OH)–C–C–N with tert-alkyl or cyclic N) is 2. The first-order valence-corrected chi connectivity index (χ1v) is 7.61. The summed E-state index contributed by atoms with van der Waals surface area (Å²) in [6.07, 6.45) is -2.03. The molecule has 1 fully saturated rings. The van der Waals surface area contributed by atoms with Crippen LogP contribution in [0.1, 0.15) is 16.7 Å². The van der Waals surface area contributed by atoms with Gasteiger partial charge >= 0.3 is 0 Å². The van der Waals surface area contributed by atoms with E-state index in [1.807, 2.05) is 19.1 Å². The zero-order valence-electron chi connectivity index (χ0n) is 11.3. The van der Waals surface area contributed by atoms with E-state index in [1.54, 1.807) is 13.8 Å². The van der Waals surface area contributed by atoms with Crippen LogP contribution in [0.5, 0.6) is 0 Å². The molecule has 2 rings (SSSR count). The van der Waals surface area contributed by atoms with E-state index in [4.69, 9.17) is 0 Å². The number of aliphatic hydroxyl groups is 2. The maximum absolute atomic E-state index is 12.6. The maximum atomic E-state index is 12.6. The molecule has 1 aromatic rings. The van der Waals surface area contributed by atoms with Crippen LogP contribution in [0.3, 0.4) is 0 Å². The molecule has 6 heteroatoms. The van der Waals surface area contributed by atoms with E-state index in [2.05, 4.69) is 0 Å². The maximum Gasteiger partial charge on any atom is 0.243 e. The Balaban J connectivity index is 2.47. The predicted molar refractivity (Wildman–Crippen MR) is 71.4 cm³/mol. The van der Waals surface area contributed by atoms with Crippen molar-refractivity contribution in [1.82, 2.24) is 4.31 Å².